The van der Waals surface area contributed by atoms with E-state index in [0.717, 1.165) is 36.1 Å². The second kappa shape index (κ2) is 5.44. The Morgan fingerprint density at radius 1 is 1.25 bits per heavy atom. The molecular formula is C16H21NO3. The minimum Gasteiger partial charge on any atom is -0.493 e. The number of ether oxygens (including phenoxy) is 2. The number of hydrogen-bond acceptors (Lipinski definition) is 3. The number of fused-ring (bicyclic) bond motifs is 1. The number of nitrogens with one attached hydrogen (secondary N) is 1. The molecule has 1 amide bonds. The van der Waals surface area contributed by atoms with Gasteiger partial charge in [-0.3, -0.25) is 4.79 Å². The largest absolute Gasteiger partial charge is 0.493 e. The molecule has 2 heterocycles. The van der Waals surface area contributed by atoms with E-state index in [1.54, 1.807) is 0 Å². The van der Waals surface area contributed by atoms with Gasteiger partial charge in [0.25, 0.3) is 0 Å². The van der Waals surface area contributed by atoms with E-state index in [1.807, 2.05) is 0 Å². The van der Waals surface area contributed by atoms with Crippen molar-refractivity contribution in [3.8, 4) is 5.75 Å². The molecule has 0 aromatic heterocycles. The molecule has 0 bridgehead atoms. The van der Waals surface area contributed by atoms with E-state index in [4.69, 9.17) is 9.47 Å². The topological polar surface area (TPSA) is 47.6 Å². The van der Waals surface area contributed by atoms with Crippen molar-refractivity contribution in [3.05, 3.63) is 28.8 Å². The average molecular weight is 275 g/mol. The Labute approximate surface area is 119 Å². The van der Waals surface area contributed by atoms with Crippen LogP contribution in [0.1, 0.15) is 42.0 Å². The molecule has 1 N–H and O–H groups in total. The van der Waals surface area contributed by atoms with Gasteiger partial charge < -0.3 is 14.8 Å². The normalized spacial score (nSPS) is 24.9. The molecule has 0 unspecified atom stereocenters. The van der Waals surface area contributed by atoms with Crippen LogP contribution in [0, 0.1) is 13.8 Å². The number of benzene rings is 1. The average Bonchev–Trinajstić information content (AvgIpc) is 2.93. The molecule has 20 heavy (non-hydrogen) atoms. The number of carbonyl (C=O) groups is 1. The van der Waals surface area contributed by atoms with E-state index >= 15 is 0 Å². The monoisotopic (exact) mass is 275 g/mol. The standard InChI is InChI=1S/C16H21NO3/c1-10-8-11(2)15-12(9-10)13(5-7-20-15)17-16(18)14-4-3-6-19-14/h8-9,13-14H,3-7H2,1-2H3,(H,17,18)/t13-,14+/m1/s1. The Morgan fingerprint density at radius 2 is 2.10 bits per heavy atom. The highest BCUT2D eigenvalue weighted by Crippen LogP contribution is 2.35. The molecular weight excluding hydrogens is 254 g/mol. The lowest BCUT2D eigenvalue weighted by Crippen LogP contribution is -2.38. The van der Waals surface area contributed by atoms with E-state index in [9.17, 15) is 4.79 Å². The summed E-state index contributed by atoms with van der Waals surface area (Å²) in [5.41, 5.74) is 3.43. The van der Waals surface area contributed by atoms with Gasteiger partial charge in [-0.1, -0.05) is 17.7 Å². The van der Waals surface area contributed by atoms with Gasteiger partial charge in [0.15, 0.2) is 0 Å². The van der Waals surface area contributed by atoms with Crippen molar-refractivity contribution in [2.45, 2.75) is 45.3 Å². The smallest absolute Gasteiger partial charge is 0.249 e. The Kier molecular flexibility index (Phi) is 3.66. The fourth-order valence-electron chi connectivity index (χ4n) is 3.08. The van der Waals surface area contributed by atoms with Crippen molar-refractivity contribution < 1.29 is 14.3 Å². The highest BCUT2D eigenvalue weighted by atomic mass is 16.5. The van der Waals surface area contributed by atoms with Crippen LogP contribution in [0.4, 0.5) is 0 Å². The molecule has 0 radical (unpaired) electrons. The summed E-state index contributed by atoms with van der Waals surface area (Å²) in [7, 11) is 0. The van der Waals surface area contributed by atoms with Crippen LogP contribution >= 0.6 is 0 Å². The van der Waals surface area contributed by atoms with Crippen molar-refractivity contribution >= 4 is 5.91 Å². The number of rotatable bonds is 2. The first-order valence-electron chi connectivity index (χ1n) is 7.31. The summed E-state index contributed by atoms with van der Waals surface area (Å²) in [4.78, 5) is 12.2. The van der Waals surface area contributed by atoms with E-state index in [-0.39, 0.29) is 18.1 Å². The van der Waals surface area contributed by atoms with Crippen LogP contribution in [0.5, 0.6) is 5.75 Å². The zero-order valence-electron chi connectivity index (χ0n) is 12.1. The van der Waals surface area contributed by atoms with Crippen LogP contribution in [-0.4, -0.2) is 25.2 Å². The summed E-state index contributed by atoms with van der Waals surface area (Å²) in [6.07, 6.45) is 2.34. The number of hydrogen-bond donors (Lipinski definition) is 1. The van der Waals surface area contributed by atoms with Crippen molar-refractivity contribution in [1.82, 2.24) is 5.32 Å². The zero-order valence-corrected chi connectivity index (χ0v) is 12.1. The molecule has 3 rings (SSSR count). The fourth-order valence-corrected chi connectivity index (χ4v) is 3.08. The third-order valence-corrected chi connectivity index (χ3v) is 4.01. The second-order valence-electron chi connectivity index (χ2n) is 5.70. The second-order valence-corrected chi connectivity index (χ2v) is 5.70. The third-order valence-electron chi connectivity index (χ3n) is 4.01. The van der Waals surface area contributed by atoms with Gasteiger partial charge in [0, 0.05) is 18.6 Å². The highest BCUT2D eigenvalue weighted by molar-refractivity contribution is 5.81. The number of carbonyl (C=O) groups excluding carboxylic acids is 1. The van der Waals surface area contributed by atoms with Crippen LogP contribution in [-0.2, 0) is 9.53 Å². The maximum atomic E-state index is 12.2. The molecule has 1 aromatic carbocycles. The van der Waals surface area contributed by atoms with Gasteiger partial charge in [0.1, 0.15) is 11.9 Å². The maximum absolute atomic E-state index is 12.2. The molecule has 0 aliphatic carbocycles. The van der Waals surface area contributed by atoms with Crippen molar-refractivity contribution in [1.29, 1.82) is 0 Å². The Hall–Kier alpha value is -1.55. The molecule has 2 atom stereocenters. The molecule has 4 heteroatoms. The van der Waals surface area contributed by atoms with Crippen molar-refractivity contribution in [2.24, 2.45) is 0 Å². The predicted octanol–water partition coefficient (Wildman–Crippen LogP) is 2.42. The molecule has 2 aliphatic heterocycles. The summed E-state index contributed by atoms with van der Waals surface area (Å²) >= 11 is 0. The van der Waals surface area contributed by atoms with Gasteiger partial charge >= 0.3 is 0 Å². The minimum atomic E-state index is -0.271. The van der Waals surface area contributed by atoms with Gasteiger partial charge in [0.05, 0.1) is 12.6 Å². The summed E-state index contributed by atoms with van der Waals surface area (Å²) in [5, 5.41) is 3.13. The number of aryl methyl sites for hydroxylation is 2. The van der Waals surface area contributed by atoms with Gasteiger partial charge in [-0.25, -0.2) is 0 Å². The lowest BCUT2D eigenvalue weighted by molar-refractivity contribution is -0.131. The Balaban J connectivity index is 1.81. The summed E-state index contributed by atoms with van der Waals surface area (Å²) in [6, 6.07) is 4.26. The van der Waals surface area contributed by atoms with Gasteiger partial charge in [0.2, 0.25) is 5.91 Å². The molecule has 4 nitrogen and oxygen atoms in total. The maximum Gasteiger partial charge on any atom is 0.249 e. The molecule has 0 saturated carbocycles. The first-order chi connectivity index (χ1) is 9.65. The Morgan fingerprint density at radius 3 is 2.85 bits per heavy atom. The van der Waals surface area contributed by atoms with E-state index in [0.29, 0.717) is 13.2 Å². The molecule has 0 spiro atoms. The summed E-state index contributed by atoms with van der Waals surface area (Å²) in [6.45, 7) is 5.46. The fraction of sp³-hybridized carbons (Fsp3) is 0.562. The van der Waals surface area contributed by atoms with E-state index in [1.165, 1.54) is 5.56 Å². The van der Waals surface area contributed by atoms with Crippen LogP contribution in [0.2, 0.25) is 0 Å². The van der Waals surface area contributed by atoms with Gasteiger partial charge in [-0.2, -0.15) is 0 Å². The lowest BCUT2D eigenvalue weighted by atomic mass is 9.95. The molecule has 1 saturated heterocycles. The third kappa shape index (κ3) is 2.52. The predicted molar refractivity (Wildman–Crippen MR) is 75.9 cm³/mol. The molecule has 1 aromatic rings. The van der Waals surface area contributed by atoms with Crippen molar-refractivity contribution in [2.75, 3.05) is 13.2 Å². The van der Waals surface area contributed by atoms with Crippen LogP contribution < -0.4 is 10.1 Å². The summed E-state index contributed by atoms with van der Waals surface area (Å²) in [5.74, 6) is 0.944. The summed E-state index contributed by atoms with van der Waals surface area (Å²) < 4.78 is 11.2. The zero-order chi connectivity index (χ0) is 14.1. The van der Waals surface area contributed by atoms with Gasteiger partial charge in [-0.05, 0) is 32.3 Å². The minimum absolute atomic E-state index is 0.0134. The Bertz CT molecular complexity index is 521. The first-order valence-corrected chi connectivity index (χ1v) is 7.31. The van der Waals surface area contributed by atoms with Crippen molar-refractivity contribution in [3.63, 3.8) is 0 Å². The molecule has 108 valence electrons. The molecule has 1 fully saturated rings. The first kappa shape index (κ1) is 13.4. The quantitative estimate of drug-likeness (QED) is 0.901. The van der Waals surface area contributed by atoms with E-state index < -0.39 is 0 Å². The SMILES string of the molecule is Cc1cc(C)c2c(c1)[C@H](NC(=O)[C@@H]1CCCO1)CCO2. The molecule has 2 aliphatic rings. The van der Waals surface area contributed by atoms with Crippen LogP contribution in [0.15, 0.2) is 12.1 Å². The number of amides is 1. The van der Waals surface area contributed by atoms with E-state index in [2.05, 4.69) is 31.3 Å². The van der Waals surface area contributed by atoms with Crippen LogP contribution in [0.25, 0.3) is 0 Å². The van der Waals surface area contributed by atoms with Crippen LogP contribution in [0.3, 0.4) is 0 Å². The van der Waals surface area contributed by atoms with Gasteiger partial charge in [-0.15, -0.1) is 0 Å². The lowest BCUT2D eigenvalue weighted by Gasteiger charge is -2.29. The highest BCUT2D eigenvalue weighted by Gasteiger charge is 2.29.